The van der Waals surface area contributed by atoms with Crippen molar-refractivity contribution < 1.29 is 24.1 Å². The van der Waals surface area contributed by atoms with Crippen molar-refractivity contribution in [2.45, 2.75) is 18.9 Å². The van der Waals surface area contributed by atoms with E-state index in [0.29, 0.717) is 0 Å². The topological polar surface area (TPSA) is 92.8 Å². The minimum absolute atomic E-state index is 0.0384. The number of methoxy groups -OCH3 is 1. The number of nitrogens with two attached hydrogens (primary N) is 1. The predicted octanol–water partition coefficient (Wildman–Crippen LogP) is 1.40. The van der Waals surface area contributed by atoms with Gasteiger partial charge in [-0.25, -0.2) is 4.39 Å². The summed E-state index contributed by atoms with van der Waals surface area (Å²) in [5, 5.41) is 18.0. The Bertz CT molecular complexity index is 422. The lowest BCUT2D eigenvalue weighted by Crippen LogP contribution is -2.13. The summed E-state index contributed by atoms with van der Waals surface area (Å²) in [6.07, 6.45) is 0.0258. The van der Waals surface area contributed by atoms with Crippen molar-refractivity contribution in [2.24, 2.45) is 5.73 Å². The fourth-order valence-electron chi connectivity index (χ4n) is 1.45. The van der Waals surface area contributed by atoms with Crippen molar-refractivity contribution in [2.75, 3.05) is 7.11 Å². The monoisotopic (exact) mass is 243 g/mol. The lowest BCUT2D eigenvalue weighted by molar-refractivity contribution is -0.137. The first-order valence-electron chi connectivity index (χ1n) is 4.99. The van der Waals surface area contributed by atoms with E-state index in [1.165, 1.54) is 13.2 Å². The van der Waals surface area contributed by atoms with Gasteiger partial charge in [0.1, 0.15) is 5.75 Å². The number of rotatable bonds is 5. The maximum atomic E-state index is 13.2. The van der Waals surface area contributed by atoms with Crippen molar-refractivity contribution in [3.63, 3.8) is 0 Å². The van der Waals surface area contributed by atoms with Gasteiger partial charge in [-0.2, -0.15) is 0 Å². The number of hydrogen-bond donors (Lipinski definition) is 3. The Morgan fingerprint density at radius 2 is 2.24 bits per heavy atom. The molecule has 94 valence electrons. The van der Waals surface area contributed by atoms with Crippen molar-refractivity contribution in [3.05, 3.63) is 23.5 Å². The van der Waals surface area contributed by atoms with Crippen molar-refractivity contribution >= 4 is 5.97 Å². The average Bonchev–Trinajstić information content (AvgIpc) is 2.26. The highest BCUT2D eigenvalue weighted by Gasteiger charge is 2.16. The van der Waals surface area contributed by atoms with Crippen LogP contribution < -0.4 is 10.5 Å². The molecule has 1 aromatic rings. The summed E-state index contributed by atoms with van der Waals surface area (Å²) >= 11 is 0. The number of halogens is 1. The van der Waals surface area contributed by atoms with Crippen LogP contribution in [0.25, 0.3) is 0 Å². The summed E-state index contributed by atoms with van der Waals surface area (Å²) in [7, 11) is 1.29. The molecule has 4 N–H and O–H groups in total. The zero-order valence-corrected chi connectivity index (χ0v) is 9.31. The van der Waals surface area contributed by atoms with Gasteiger partial charge in [0.15, 0.2) is 11.6 Å². The molecule has 0 saturated heterocycles. The van der Waals surface area contributed by atoms with Crippen LogP contribution in [0.4, 0.5) is 4.39 Å². The van der Waals surface area contributed by atoms with Crippen LogP contribution in [0.5, 0.6) is 11.5 Å². The Kier molecular flexibility index (Phi) is 4.28. The van der Waals surface area contributed by atoms with E-state index < -0.39 is 17.8 Å². The second-order valence-corrected chi connectivity index (χ2v) is 3.58. The predicted molar refractivity (Wildman–Crippen MR) is 58.4 cm³/mol. The second kappa shape index (κ2) is 5.49. The second-order valence-electron chi connectivity index (χ2n) is 3.58. The van der Waals surface area contributed by atoms with Crippen LogP contribution >= 0.6 is 0 Å². The zero-order valence-electron chi connectivity index (χ0n) is 9.31. The summed E-state index contributed by atoms with van der Waals surface area (Å²) in [5.74, 6) is -2.02. The molecule has 5 nitrogen and oxygen atoms in total. The molecule has 0 aliphatic carbocycles. The highest BCUT2D eigenvalue weighted by Crippen LogP contribution is 2.31. The van der Waals surface area contributed by atoms with Gasteiger partial charge in [0, 0.05) is 24.1 Å². The molecule has 6 heteroatoms. The number of ether oxygens (including phenoxy) is 1. The average molecular weight is 243 g/mol. The number of aliphatic carboxylic acids is 1. The fraction of sp³-hybridized carbons (Fsp3) is 0.364. The largest absolute Gasteiger partial charge is 0.507 e. The smallest absolute Gasteiger partial charge is 0.303 e. The van der Waals surface area contributed by atoms with Crippen molar-refractivity contribution in [3.8, 4) is 11.5 Å². The van der Waals surface area contributed by atoms with Crippen LogP contribution in [0.1, 0.15) is 24.4 Å². The minimum atomic E-state index is -0.978. The highest BCUT2D eigenvalue weighted by atomic mass is 19.1. The number of phenolic OH excluding ortho intramolecular Hbond substituents is 1. The molecule has 0 aliphatic rings. The molecule has 1 rings (SSSR count). The van der Waals surface area contributed by atoms with Gasteiger partial charge < -0.3 is 20.7 Å². The number of hydrogen-bond acceptors (Lipinski definition) is 4. The third-order valence-electron chi connectivity index (χ3n) is 2.37. The lowest BCUT2D eigenvalue weighted by atomic mass is 10.0. The quantitative estimate of drug-likeness (QED) is 0.727. The standard InChI is InChI=1S/C11H14FNO4/c1-17-10-4-6(9(14)5-7(10)12)8(13)2-3-11(15)16/h4-5,8,14H,2-3,13H2,1H3,(H,15,16). The Morgan fingerprint density at radius 3 is 2.76 bits per heavy atom. The molecule has 0 aliphatic heterocycles. The third-order valence-corrected chi connectivity index (χ3v) is 2.37. The summed E-state index contributed by atoms with van der Waals surface area (Å²) in [5.41, 5.74) is 5.98. The van der Waals surface area contributed by atoms with E-state index in [1.807, 2.05) is 0 Å². The van der Waals surface area contributed by atoms with Crippen LogP contribution in [0, 0.1) is 5.82 Å². The molecular formula is C11H14FNO4. The van der Waals surface area contributed by atoms with Crippen molar-refractivity contribution in [1.82, 2.24) is 0 Å². The first kappa shape index (κ1) is 13.2. The molecule has 1 unspecified atom stereocenters. The van der Waals surface area contributed by atoms with E-state index in [9.17, 15) is 14.3 Å². The Labute approximate surface area is 97.6 Å². The number of carboxylic acid groups (broad SMARTS) is 1. The molecule has 1 atom stereocenters. The summed E-state index contributed by atoms with van der Waals surface area (Å²) in [6, 6.07) is 1.49. The van der Waals surface area contributed by atoms with Crippen LogP contribution in [0.2, 0.25) is 0 Å². The van der Waals surface area contributed by atoms with E-state index in [0.717, 1.165) is 6.07 Å². The summed E-state index contributed by atoms with van der Waals surface area (Å²) in [6.45, 7) is 0. The van der Waals surface area contributed by atoms with E-state index in [1.54, 1.807) is 0 Å². The van der Waals surface area contributed by atoms with Gasteiger partial charge in [-0.15, -0.1) is 0 Å². The maximum absolute atomic E-state index is 13.2. The number of aromatic hydroxyl groups is 1. The molecule has 0 heterocycles. The van der Waals surface area contributed by atoms with Crippen LogP contribution in [-0.2, 0) is 4.79 Å². The first-order valence-corrected chi connectivity index (χ1v) is 4.99. The molecule has 0 fully saturated rings. The van der Waals surface area contributed by atoms with Crippen LogP contribution in [0.3, 0.4) is 0 Å². The number of phenols is 1. The van der Waals surface area contributed by atoms with E-state index in [4.69, 9.17) is 15.6 Å². The van der Waals surface area contributed by atoms with Crippen molar-refractivity contribution in [1.29, 1.82) is 0 Å². The molecule has 0 saturated carbocycles. The number of benzene rings is 1. The van der Waals surface area contributed by atoms with Gasteiger partial charge in [0.2, 0.25) is 0 Å². The Hall–Kier alpha value is -1.82. The summed E-state index contributed by atoms with van der Waals surface area (Å²) in [4.78, 5) is 10.4. The molecule has 0 spiro atoms. The minimum Gasteiger partial charge on any atom is -0.507 e. The molecule has 17 heavy (non-hydrogen) atoms. The van der Waals surface area contributed by atoms with Gasteiger partial charge in [0.25, 0.3) is 0 Å². The molecule has 0 amide bonds. The Balaban J connectivity index is 2.92. The van der Waals surface area contributed by atoms with E-state index >= 15 is 0 Å². The summed E-state index contributed by atoms with van der Waals surface area (Å²) < 4.78 is 17.9. The fourth-order valence-corrected chi connectivity index (χ4v) is 1.45. The van der Waals surface area contributed by atoms with Crippen LogP contribution in [-0.4, -0.2) is 23.3 Å². The van der Waals surface area contributed by atoms with Gasteiger partial charge in [-0.3, -0.25) is 4.79 Å². The normalized spacial score (nSPS) is 12.2. The SMILES string of the molecule is COc1cc(C(N)CCC(=O)O)c(O)cc1F. The van der Waals surface area contributed by atoms with Gasteiger partial charge >= 0.3 is 5.97 Å². The number of carboxylic acids is 1. The molecular weight excluding hydrogens is 229 g/mol. The van der Waals surface area contributed by atoms with Gasteiger partial charge in [0.05, 0.1) is 7.11 Å². The highest BCUT2D eigenvalue weighted by molar-refractivity contribution is 5.66. The lowest BCUT2D eigenvalue weighted by Gasteiger charge is -2.14. The molecule has 0 bridgehead atoms. The van der Waals surface area contributed by atoms with Gasteiger partial charge in [-0.05, 0) is 12.5 Å². The Morgan fingerprint density at radius 1 is 1.59 bits per heavy atom. The molecule has 0 radical (unpaired) electrons. The van der Waals surface area contributed by atoms with Crippen LogP contribution in [0.15, 0.2) is 12.1 Å². The number of carbonyl (C=O) groups is 1. The van der Waals surface area contributed by atoms with Gasteiger partial charge in [-0.1, -0.05) is 0 Å². The first-order chi connectivity index (χ1) is 7.95. The van der Waals surface area contributed by atoms with E-state index in [-0.39, 0.29) is 29.9 Å². The van der Waals surface area contributed by atoms with E-state index in [2.05, 4.69) is 0 Å². The maximum Gasteiger partial charge on any atom is 0.303 e. The zero-order chi connectivity index (χ0) is 13.0. The molecule has 1 aromatic carbocycles. The third kappa shape index (κ3) is 3.32. The molecule has 0 aromatic heterocycles.